The third-order valence-corrected chi connectivity index (χ3v) is 5.22. The summed E-state index contributed by atoms with van der Waals surface area (Å²) in [5.41, 5.74) is -0.144. The summed E-state index contributed by atoms with van der Waals surface area (Å²) in [6.45, 7) is 5.80. The Hall–Kier alpha value is -3.37. The molecule has 2 amide bonds. The molecule has 2 heterocycles. The molecular weight excluding hydrogens is 429 g/mol. The Balaban J connectivity index is 1.80. The number of Topliss-reactive ketones (excluding diaryl/α,β-unsaturated/α-hetero) is 1. The SMILES string of the molecule is CCOC(=O)N1CCN(C(=O)C(=O)c2c(C)nn(-c3cccc(C(F)(F)F)c3)c2C)CC1. The van der Waals surface area contributed by atoms with Crippen LogP contribution in [0.4, 0.5) is 18.0 Å². The molecular formula is C21H23F3N4O4. The quantitative estimate of drug-likeness (QED) is 0.526. The average molecular weight is 452 g/mol. The number of aryl methyl sites for hydroxylation is 1. The second-order valence-electron chi connectivity index (χ2n) is 7.31. The van der Waals surface area contributed by atoms with Crippen molar-refractivity contribution in [2.75, 3.05) is 32.8 Å². The van der Waals surface area contributed by atoms with Gasteiger partial charge < -0.3 is 14.5 Å². The summed E-state index contributed by atoms with van der Waals surface area (Å²) >= 11 is 0. The van der Waals surface area contributed by atoms with E-state index in [9.17, 15) is 27.6 Å². The van der Waals surface area contributed by atoms with E-state index >= 15 is 0 Å². The van der Waals surface area contributed by atoms with Gasteiger partial charge in [-0.15, -0.1) is 0 Å². The molecule has 0 spiro atoms. The molecule has 1 fully saturated rings. The molecule has 8 nitrogen and oxygen atoms in total. The van der Waals surface area contributed by atoms with Crippen LogP contribution in [0.3, 0.4) is 0 Å². The van der Waals surface area contributed by atoms with Crippen molar-refractivity contribution in [1.82, 2.24) is 19.6 Å². The first-order valence-corrected chi connectivity index (χ1v) is 10.0. The number of aromatic nitrogens is 2. The van der Waals surface area contributed by atoms with Gasteiger partial charge in [0.15, 0.2) is 0 Å². The number of halogens is 3. The van der Waals surface area contributed by atoms with Gasteiger partial charge in [0.2, 0.25) is 0 Å². The number of amides is 2. The van der Waals surface area contributed by atoms with Crippen molar-refractivity contribution in [3.8, 4) is 5.69 Å². The van der Waals surface area contributed by atoms with Crippen LogP contribution in [0.2, 0.25) is 0 Å². The maximum Gasteiger partial charge on any atom is 0.416 e. The Labute approximate surface area is 182 Å². The third kappa shape index (κ3) is 4.61. The van der Waals surface area contributed by atoms with Crippen LogP contribution in [-0.2, 0) is 15.7 Å². The number of ketones is 1. The predicted molar refractivity (Wildman–Crippen MR) is 108 cm³/mol. The molecule has 3 rings (SSSR count). The van der Waals surface area contributed by atoms with Crippen molar-refractivity contribution < 1.29 is 32.3 Å². The Morgan fingerprint density at radius 2 is 1.69 bits per heavy atom. The van der Waals surface area contributed by atoms with Crippen LogP contribution in [-0.4, -0.2) is 70.1 Å². The zero-order chi connectivity index (χ0) is 23.6. The van der Waals surface area contributed by atoms with Crippen LogP contribution in [0.5, 0.6) is 0 Å². The number of nitrogens with zero attached hydrogens (tertiary/aromatic N) is 4. The molecule has 172 valence electrons. The Kier molecular flexibility index (Phi) is 6.56. The van der Waals surface area contributed by atoms with Crippen molar-refractivity contribution in [1.29, 1.82) is 0 Å². The van der Waals surface area contributed by atoms with Gasteiger partial charge in [-0.05, 0) is 39.0 Å². The minimum atomic E-state index is -4.52. The lowest BCUT2D eigenvalue weighted by atomic mass is 10.1. The number of hydrogen-bond donors (Lipinski definition) is 0. The number of hydrogen-bond acceptors (Lipinski definition) is 5. The Morgan fingerprint density at radius 1 is 1.06 bits per heavy atom. The van der Waals surface area contributed by atoms with Gasteiger partial charge >= 0.3 is 12.3 Å². The maximum absolute atomic E-state index is 13.1. The first-order chi connectivity index (χ1) is 15.0. The van der Waals surface area contributed by atoms with Gasteiger partial charge in [-0.3, -0.25) is 9.59 Å². The zero-order valence-corrected chi connectivity index (χ0v) is 17.9. The molecule has 1 aliphatic heterocycles. The van der Waals surface area contributed by atoms with Gasteiger partial charge in [0.1, 0.15) is 0 Å². The first-order valence-electron chi connectivity index (χ1n) is 10.0. The number of rotatable bonds is 4. The first kappa shape index (κ1) is 23.3. The zero-order valence-electron chi connectivity index (χ0n) is 17.9. The fraction of sp³-hybridized carbons (Fsp3) is 0.429. The maximum atomic E-state index is 13.1. The molecule has 1 aliphatic rings. The van der Waals surface area contributed by atoms with Gasteiger partial charge in [-0.25, -0.2) is 9.48 Å². The van der Waals surface area contributed by atoms with Gasteiger partial charge in [0.25, 0.3) is 11.7 Å². The minimum absolute atomic E-state index is 0.0558. The highest BCUT2D eigenvalue weighted by atomic mass is 19.4. The fourth-order valence-electron chi connectivity index (χ4n) is 3.59. The molecule has 0 atom stereocenters. The number of piperazine rings is 1. The van der Waals surface area contributed by atoms with Crippen molar-refractivity contribution in [2.24, 2.45) is 0 Å². The van der Waals surface area contributed by atoms with Gasteiger partial charge in [-0.1, -0.05) is 6.07 Å². The molecule has 0 bridgehead atoms. The summed E-state index contributed by atoms with van der Waals surface area (Å²) in [5, 5.41) is 4.20. The van der Waals surface area contributed by atoms with E-state index in [1.54, 1.807) is 6.92 Å². The molecule has 0 N–H and O–H groups in total. The molecule has 32 heavy (non-hydrogen) atoms. The molecule has 1 saturated heterocycles. The predicted octanol–water partition coefficient (Wildman–Crippen LogP) is 2.99. The van der Waals surface area contributed by atoms with Crippen molar-refractivity contribution >= 4 is 17.8 Å². The van der Waals surface area contributed by atoms with Gasteiger partial charge in [0, 0.05) is 26.2 Å². The molecule has 0 radical (unpaired) electrons. The van der Waals surface area contributed by atoms with Crippen LogP contribution in [0, 0.1) is 13.8 Å². The van der Waals surface area contributed by atoms with Crippen LogP contribution in [0.15, 0.2) is 24.3 Å². The number of ether oxygens (including phenoxy) is 1. The lowest BCUT2D eigenvalue weighted by Gasteiger charge is -2.33. The monoisotopic (exact) mass is 452 g/mol. The second-order valence-corrected chi connectivity index (χ2v) is 7.31. The van der Waals surface area contributed by atoms with Crippen LogP contribution in [0.1, 0.15) is 34.2 Å². The van der Waals surface area contributed by atoms with E-state index in [4.69, 9.17) is 4.74 Å². The summed E-state index contributed by atoms with van der Waals surface area (Å²) in [5.74, 6) is -1.54. The number of alkyl halides is 3. The van der Waals surface area contributed by atoms with Gasteiger partial charge in [-0.2, -0.15) is 18.3 Å². The average Bonchev–Trinajstić information content (AvgIpc) is 3.06. The molecule has 1 aromatic heterocycles. The largest absolute Gasteiger partial charge is 0.450 e. The number of carbonyl (C=O) groups is 3. The van der Waals surface area contributed by atoms with Crippen molar-refractivity contribution in [2.45, 2.75) is 26.9 Å². The Bertz CT molecular complexity index is 1040. The highest BCUT2D eigenvalue weighted by Crippen LogP contribution is 2.31. The molecule has 2 aromatic rings. The lowest BCUT2D eigenvalue weighted by molar-refractivity contribution is -0.137. The summed E-state index contributed by atoms with van der Waals surface area (Å²) < 4.78 is 45.3. The standard InChI is InChI=1S/C21H23F3N4O4/c1-4-32-20(31)27-10-8-26(9-11-27)19(30)18(29)17-13(2)25-28(14(17)3)16-7-5-6-15(12-16)21(22,23)24/h5-7,12H,4,8-11H2,1-3H3. The molecule has 0 saturated carbocycles. The summed E-state index contributed by atoms with van der Waals surface area (Å²) in [6.07, 6.45) is -4.99. The fourth-order valence-corrected chi connectivity index (χ4v) is 3.59. The van der Waals surface area contributed by atoms with E-state index in [0.717, 1.165) is 12.1 Å². The van der Waals surface area contributed by atoms with Crippen molar-refractivity contribution in [3.05, 3.63) is 46.8 Å². The molecule has 0 aliphatic carbocycles. The second kappa shape index (κ2) is 9.01. The smallest absolute Gasteiger partial charge is 0.416 e. The van der Waals surface area contributed by atoms with E-state index in [1.807, 2.05) is 0 Å². The molecule has 0 unspecified atom stereocenters. The third-order valence-electron chi connectivity index (χ3n) is 5.22. The normalized spacial score (nSPS) is 14.4. The lowest BCUT2D eigenvalue weighted by Crippen LogP contribution is -2.52. The van der Waals surface area contributed by atoms with Crippen LogP contribution in [0.25, 0.3) is 5.69 Å². The van der Waals surface area contributed by atoms with Crippen LogP contribution < -0.4 is 0 Å². The van der Waals surface area contributed by atoms with E-state index in [2.05, 4.69) is 5.10 Å². The Morgan fingerprint density at radius 3 is 2.28 bits per heavy atom. The molecule has 11 heteroatoms. The number of carbonyl (C=O) groups excluding carboxylic acids is 3. The summed E-state index contributed by atoms with van der Waals surface area (Å²) in [4.78, 5) is 40.3. The number of benzene rings is 1. The van der Waals surface area contributed by atoms with E-state index in [1.165, 1.54) is 40.5 Å². The minimum Gasteiger partial charge on any atom is -0.450 e. The van der Waals surface area contributed by atoms with Crippen LogP contribution >= 0.6 is 0 Å². The highest BCUT2D eigenvalue weighted by molar-refractivity contribution is 6.43. The van der Waals surface area contributed by atoms with E-state index in [-0.39, 0.29) is 55.4 Å². The summed E-state index contributed by atoms with van der Waals surface area (Å²) in [6, 6.07) is 4.58. The van der Waals surface area contributed by atoms with E-state index in [0.29, 0.717) is 0 Å². The van der Waals surface area contributed by atoms with Gasteiger partial charge in [0.05, 0.1) is 34.8 Å². The highest BCUT2D eigenvalue weighted by Gasteiger charge is 2.33. The van der Waals surface area contributed by atoms with Crippen molar-refractivity contribution in [3.63, 3.8) is 0 Å². The van der Waals surface area contributed by atoms with E-state index < -0.39 is 29.5 Å². The topological polar surface area (TPSA) is 84.7 Å². The molecule has 1 aromatic carbocycles. The summed E-state index contributed by atoms with van der Waals surface area (Å²) in [7, 11) is 0.